The molecule has 0 aromatic heterocycles. The van der Waals surface area contributed by atoms with Crippen molar-refractivity contribution in [3.63, 3.8) is 0 Å². The van der Waals surface area contributed by atoms with Crippen molar-refractivity contribution in [3.8, 4) is 0 Å². The van der Waals surface area contributed by atoms with Gasteiger partial charge in [0.2, 0.25) is 5.96 Å². The fraction of sp³-hybridized carbons (Fsp3) is 0.889. The number of hydrazine groups is 1. The Kier molecular flexibility index (Phi) is 2.15. The van der Waals surface area contributed by atoms with Crippen LogP contribution in [0.2, 0.25) is 0 Å². The van der Waals surface area contributed by atoms with E-state index in [0.717, 1.165) is 12.5 Å². The van der Waals surface area contributed by atoms with Crippen LogP contribution in [-0.2, 0) is 0 Å². The van der Waals surface area contributed by atoms with Crippen LogP contribution in [0.25, 0.3) is 0 Å². The van der Waals surface area contributed by atoms with Gasteiger partial charge in [0.15, 0.2) is 0 Å². The summed E-state index contributed by atoms with van der Waals surface area (Å²) in [7, 11) is 0. The summed E-state index contributed by atoms with van der Waals surface area (Å²) in [5.74, 6) is 6.44. The lowest BCUT2D eigenvalue weighted by Crippen LogP contribution is -2.40. The van der Waals surface area contributed by atoms with E-state index in [2.05, 4.69) is 10.4 Å². The summed E-state index contributed by atoms with van der Waals surface area (Å²) in [5, 5.41) is 0. The van der Waals surface area contributed by atoms with Crippen LogP contribution in [0.4, 0.5) is 0 Å². The largest absolute Gasteiger partial charge is 0.369 e. The van der Waals surface area contributed by atoms with Crippen LogP contribution in [-0.4, -0.2) is 12.5 Å². The predicted octanol–water partition coefficient (Wildman–Crippen LogP) is 0.345. The molecule has 2 aliphatic rings. The summed E-state index contributed by atoms with van der Waals surface area (Å²) in [6.07, 6.45) is 6.82. The molecule has 4 heteroatoms. The third-order valence-corrected chi connectivity index (χ3v) is 3.50. The zero-order valence-electron chi connectivity index (χ0n) is 7.92. The van der Waals surface area contributed by atoms with E-state index in [9.17, 15) is 0 Å². The van der Waals surface area contributed by atoms with Crippen molar-refractivity contribution >= 4 is 5.96 Å². The highest BCUT2D eigenvalue weighted by Gasteiger charge is 2.48. The number of guanidine groups is 1. The number of aliphatic imine (C=N–C) groups is 1. The maximum atomic E-state index is 5.49. The van der Waals surface area contributed by atoms with E-state index in [-0.39, 0.29) is 0 Å². The van der Waals surface area contributed by atoms with Crippen molar-refractivity contribution in [2.75, 3.05) is 6.54 Å². The van der Waals surface area contributed by atoms with Gasteiger partial charge >= 0.3 is 0 Å². The highest BCUT2D eigenvalue weighted by molar-refractivity contribution is 5.77. The summed E-state index contributed by atoms with van der Waals surface area (Å²) < 4.78 is 0. The molecule has 0 amide bonds. The first-order valence-corrected chi connectivity index (χ1v) is 5.03. The number of rotatable bonds is 3. The number of nitrogens with two attached hydrogens (primary N) is 2. The van der Waals surface area contributed by atoms with Gasteiger partial charge in [-0.1, -0.05) is 6.42 Å². The molecule has 0 heterocycles. The highest BCUT2D eigenvalue weighted by atomic mass is 15.3. The van der Waals surface area contributed by atoms with Crippen LogP contribution in [0.5, 0.6) is 0 Å². The van der Waals surface area contributed by atoms with Gasteiger partial charge in [0.1, 0.15) is 0 Å². The van der Waals surface area contributed by atoms with E-state index in [1.807, 2.05) is 0 Å². The van der Waals surface area contributed by atoms with Crippen molar-refractivity contribution in [2.45, 2.75) is 32.1 Å². The minimum atomic E-state index is 0.368. The molecule has 4 nitrogen and oxygen atoms in total. The molecule has 2 saturated carbocycles. The Bertz CT molecular complexity index is 216. The van der Waals surface area contributed by atoms with Gasteiger partial charge in [-0.15, -0.1) is 0 Å². The molecule has 2 aliphatic carbocycles. The molecule has 0 spiro atoms. The van der Waals surface area contributed by atoms with E-state index < -0.39 is 0 Å². The molecule has 13 heavy (non-hydrogen) atoms. The highest BCUT2D eigenvalue weighted by Crippen LogP contribution is 2.57. The predicted molar refractivity (Wildman–Crippen MR) is 52.8 cm³/mol. The second-order valence-corrected chi connectivity index (χ2v) is 4.34. The van der Waals surface area contributed by atoms with Crippen molar-refractivity contribution in [1.29, 1.82) is 0 Å². The molecular formula is C9H18N4. The molecule has 0 unspecified atom stereocenters. The van der Waals surface area contributed by atoms with E-state index in [1.165, 1.54) is 32.1 Å². The summed E-state index contributed by atoms with van der Waals surface area (Å²) in [5.41, 5.74) is 8.37. The van der Waals surface area contributed by atoms with Crippen LogP contribution >= 0.6 is 0 Å². The number of nitrogens with zero attached hydrogens (tertiary/aromatic N) is 1. The number of nitrogens with one attached hydrogen (secondary N) is 1. The third kappa shape index (κ3) is 1.63. The SMILES string of the molecule is NNC(N)=NCC1(C2CC2)CCC1. The average Bonchev–Trinajstić information content (AvgIpc) is 2.86. The third-order valence-electron chi connectivity index (χ3n) is 3.50. The first-order valence-electron chi connectivity index (χ1n) is 5.03. The maximum absolute atomic E-state index is 5.49. The summed E-state index contributed by atoms with van der Waals surface area (Å²) in [6, 6.07) is 0. The monoisotopic (exact) mass is 182 g/mol. The zero-order valence-corrected chi connectivity index (χ0v) is 7.92. The molecule has 0 saturated heterocycles. The molecule has 0 bridgehead atoms. The number of hydrogen-bond acceptors (Lipinski definition) is 2. The van der Waals surface area contributed by atoms with Gasteiger partial charge in [-0.25, -0.2) is 5.84 Å². The second-order valence-electron chi connectivity index (χ2n) is 4.34. The standard InChI is InChI=1S/C9H18N4/c10-8(13-11)12-6-9(4-1-5-9)7-2-3-7/h7H,1-6,11H2,(H3,10,12,13). The van der Waals surface area contributed by atoms with Gasteiger partial charge in [0.05, 0.1) is 0 Å². The molecule has 74 valence electrons. The fourth-order valence-corrected chi connectivity index (χ4v) is 2.31. The van der Waals surface area contributed by atoms with Crippen molar-refractivity contribution in [2.24, 2.45) is 27.9 Å². The minimum Gasteiger partial charge on any atom is -0.369 e. The van der Waals surface area contributed by atoms with Crippen LogP contribution in [0, 0.1) is 11.3 Å². The molecule has 0 atom stereocenters. The average molecular weight is 182 g/mol. The Morgan fingerprint density at radius 2 is 2.15 bits per heavy atom. The smallest absolute Gasteiger partial charge is 0.203 e. The molecule has 0 aromatic carbocycles. The summed E-state index contributed by atoms with van der Waals surface area (Å²) >= 11 is 0. The molecule has 5 N–H and O–H groups in total. The van der Waals surface area contributed by atoms with Crippen LogP contribution in [0.15, 0.2) is 4.99 Å². The maximum Gasteiger partial charge on any atom is 0.203 e. The normalized spacial score (nSPS) is 26.7. The van der Waals surface area contributed by atoms with Crippen LogP contribution in [0.1, 0.15) is 32.1 Å². The molecule has 2 rings (SSSR count). The van der Waals surface area contributed by atoms with E-state index in [4.69, 9.17) is 11.6 Å². The van der Waals surface area contributed by atoms with Crippen molar-refractivity contribution in [3.05, 3.63) is 0 Å². The topological polar surface area (TPSA) is 76.4 Å². The molecule has 0 radical (unpaired) electrons. The molecular weight excluding hydrogens is 164 g/mol. The minimum absolute atomic E-state index is 0.368. The quantitative estimate of drug-likeness (QED) is 0.255. The zero-order chi connectivity index (χ0) is 9.31. The number of hydrogen-bond donors (Lipinski definition) is 3. The van der Waals surface area contributed by atoms with Crippen LogP contribution in [0.3, 0.4) is 0 Å². The van der Waals surface area contributed by atoms with Gasteiger partial charge in [0, 0.05) is 6.54 Å². The molecule has 0 aliphatic heterocycles. The Morgan fingerprint density at radius 1 is 1.46 bits per heavy atom. The van der Waals surface area contributed by atoms with E-state index >= 15 is 0 Å². The van der Waals surface area contributed by atoms with Crippen molar-refractivity contribution < 1.29 is 0 Å². The Morgan fingerprint density at radius 3 is 2.54 bits per heavy atom. The Labute approximate surface area is 78.7 Å². The first-order chi connectivity index (χ1) is 6.27. The Hall–Kier alpha value is -0.770. The van der Waals surface area contributed by atoms with Gasteiger partial charge in [0.25, 0.3) is 0 Å². The van der Waals surface area contributed by atoms with Gasteiger partial charge < -0.3 is 5.73 Å². The summed E-state index contributed by atoms with van der Waals surface area (Å²) in [6.45, 7) is 0.869. The van der Waals surface area contributed by atoms with Gasteiger partial charge in [-0.2, -0.15) is 0 Å². The molecule has 2 fully saturated rings. The van der Waals surface area contributed by atoms with Gasteiger partial charge in [-0.3, -0.25) is 10.4 Å². The second kappa shape index (κ2) is 3.18. The lowest BCUT2D eigenvalue weighted by atomic mass is 9.65. The summed E-state index contributed by atoms with van der Waals surface area (Å²) in [4.78, 5) is 4.26. The van der Waals surface area contributed by atoms with Crippen molar-refractivity contribution in [1.82, 2.24) is 5.43 Å². The van der Waals surface area contributed by atoms with E-state index in [1.54, 1.807) is 0 Å². The van der Waals surface area contributed by atoms with E-state index in [0.29, 0.717) is 11.4 Å². The lowest BCUT2D eigenvalue weighted by Gasteiger charge is -2.41. The Balaban J connectivity index is 1.90. The molecule has 0 aromatic rings. The lowest BCUT2D eigenvalue weighted by molar-refractivity contribution is 0.113. The first kappa shape index (κ1) is 8.81. The fourth-order valence-electron chi connectivity index (χ4n) is 2.31. The van der Waals surface area contributed by atoms with Crippen LogP contribution < -0.4 is 17.0 Å². The van der Waals surface area contributed by atoms with Gasteiger partial charge in [-0.05, 0) is 37.0 Å².